The number of hydrogen-bond donors (Lipinski definition) is 2. The normalized spacial score (nSPS) is 11.1. The summed E-state index contributed by atoms with van der Waals surface area (Å²) in [6.45, 7) is 0. The topological polar surface area (TPSA) is 53.1 Å². The van der Waals surface area contributed by atoms with E-state index in [1.54, 1.807) is 18.3 Å². The van der Waals surface area contributed by atoms with E-state index in [4.69, 9.17) is 0 Å². The number of phenols is 1. The van der Waals surface area contributed by atoms with E-state index in [9.17, 15) is 9.90 Å². The third kappa shape index (κ3) is 1.79. The van der Waals surface area contributed by atoms with Crippen LogP contribution >= 0.6 is 0 Å². The second-order valence-electron chi connectivity index (χ2n) is 5.26. The molecule has 106 valence electrons. The minimum Gasteiger partial charge on any atom is -0.507 e. The van der Waals surface area contributed by atoms with E-state index >= 15 is 0 Å². The Morgan fingerprint density at radius 2 is 1.59 bits per heavy atom. The predicted molar refractivity (Wildman–Crippen MR) is 89.2 cm³/mol. The van der Waals surface area contributed by atoms with Gasteiger partial charge in [0.25, 0.3) is 0 Å². The van der Waals surface area contributed by atoms with Gasteiger partial charge in [-0.3, -0.25) is 4.79 Å². The summed E-state index contributed by atoms with van der Waals surface area (Å²) in [4.78, 5) is 15.9. The molecule has 0 saturated carbocycles. The number of rotatable bonds is 1. The molecule has 0 unspecified atom stereocenters. The zero-order valence-electron chi connectivity index (χ0n) is 11.7. The molecule has 3 heteroatoms. The molecule has 0 saturated heterocycles. The molecule has 4 aromatic rings. The van der Waals surface area contributed by atoms with Crippen LogP contribution in [0.2, 0.25) is 0 Å². The SMILES string of the molecule is O=c1c(-c2cccc3ccccc23)c[nH]c2cccc(O)c12. The van der Waals surface area contributed by atoms with Crippen molar-refractivity contribution in [3.8, 4) is 16.9 Å². The maximum atomic E-state index is 12.8. The molecule has 0 aliphatic rings. The van der Waals surface area contributed by atoms with Gasteiger partial charge >= 0.3 is 0 Å². The minimum atomic E-state index is -0.164. The van der Waals surface area contributed by atoms with Crippen LogP contribution in [-0.4, -0.2) is 10.1 Å². The molecule has 3 nitrogen and oxygen atoms in total. The number of aromatic amines is 1. The standard InChI is InChI=1S/C19H13NO2/c21-17-10-4-9-16-18(17)19(22)15(11-20-16)14-8-3-6-12-5-1-2-7-13(12)14/h1-11,21H,(H,20,22). The van der Waals surface area contributed by atoms with Crippen molar-refractivity contribution in [2.24, 2.45) is 0 Å². The van der Waals surface area contributed by atoms with Crippen molar-refractivity contribution in [2.75, 3.05) is 0 Å². The largest absolute Gasteiger partial charge is 0.507 e. The van der Waals surface area contributed by atoms with Crippen LogP contribution in [0.4, 0.5) is 0 Å². The Kier molecular flexibility index (Phi) is 2.73. The van der Waals surface area contributed by atoms with Gasteiger partial charge in [-0.15, -0.1) is 0 Å². The molecule has 0 radical (unpaired) electrons. The molecule has 0 aliphatic carbocycles. The number of pyridine rings is 1. The molecule has 2 N–H and O–H groups in total. The number of fused-ring (bicyclic) bond motifs is 2. The molecular weight excluding hydrogens is 274 g/mol. The lowest BCUT2D eigenvalue weighted by molar-refractivity contribution is 0.481. The van der Waals surface area contributed by atoms with E-state index in [2.05, 4.69) is 4.98 Å². The quantitative estimate of drug-likeness (QED) is 0.555. The van der Waals surface area contributed by atoms with Crippen molar-refractivity contribution in [1.29, 1.82) is 0 Å². The van der Waals surface area contributed by atoms with Crippen LogP contribution in [0.5, 0.6) is 5.75 Å². The van der Waals surface area contributed by atoms with Gasteiger partial charge in [0.2, 0.25) is 5.43 Å². The molecule has 1 heterocycles. The van der Waals surface area contributed by atoms with Crippen LogP contribution in [0, 0.1) is 0 Å². The van der Waals surface area contributed by atoms with Gasteiger partial charge in [-0.2, -0.15) is 0 Å². The van der Waals surface area contributed by atoms with E-state index in [0.717, 1.165) is 16.3 Å². The summed E-state index contributed by atoms with van der Waals surface area (Å²) in [7, 11) is 0. The van der Waals surface area contributed by atoms with Crippen molar-refractivity contribution < 1.29 is 5.11 Å². The molecule has 1 aromatic heterocycles. The summed E-state index contributed by atoms with van der Waals surface area (Å²) in [5.41, 5.74) is 1.90. The monoisotopic (exact) mass is 287 g/mol. The summed E-state index contributed by atoms with van der Waals surface area (Å²) in [6, 6.07) is 18.9. The van der Waals surface area contributed by atoms with Gasteiger partial charge in [0.05, 0.1) is 10.9 Å². The first-order valence-corrected chi connectivity index (χ1v) is 7.07. The number of aromatic nitrogens is 1. The van der Waals surface area contributed by atoms with Crippen molar-refractivity contribution in [2.45, 2.75) is 0 Å². The van der Waals surface area contributed by atoms with Gasteiger partial charge in [0.15, 0.2) is 0 Å². The molecule has 22 heavy (non-hydrogen) atoms. The molecule has 0 spiro atoms. The molecule has 4 rings (SSSR count). The second-order valence-corrected chi connectivity index (χ2v) is 5.26. The maximum absolute atomic E-state index is 12.8. The van der Waals surface area contributed by atoms with Crippen molar-refractivity contribution in [3.63, 3.8) is 0 Å². The first-order valence-electron chi connectivity index (χ1n) is 7.07. The number of H-pyrrole nitrogens is 1. The third-order valence-electron chi connectivity index (χ3n) is 3.97. The fourth-order valence-corrected chi connectivity index (χ4v) is 2.91. The fourth-order valence-electron chi connectivity index (χ4n) is 2.91. The van der Waals surface area contributed by atoms with E-state index < -0.39 is 0 Å². The van der Waals surface area contributed by atoms with Gasteiger partial charge in [-0.25, -0.2) is 0 Å². The highest BCUT2D eigenvalue weighted by molar-refractivity contribution is 5.98. The van der Waals surface area contributed by atoms with Crippen LogP contribution in [0.1, 0.15) is 0 Å². The summed E-state index contributed by atoms with van der Waals surface area (Å²) in [5, 5.41) is 12.4. The van der Waals surface area contributed by atoms with Crippen molar-refractivity contribution in [3.05, 3.63) is 77.1 Å². The van der Waals surface area contributed by atoms with Crippen LogP contribution in [0.25, 0.3) is 32.8 Å². The number of benzene rings is 3. The predicted octanol–water partition coefficient (Wildman–Crippen LogP) is 4.05. The number of nitrogens with one attached hydrogen (secondary N) is 1. The molecule has 0 bridgehead atoms. The summed E-state index contributed by atoms with van der Waals surface area (Å²) in [6.07, 6.45) is 1.71. The number of phenolic OH excluding ortho intramolecular Hbond substituents is 1. The highest BCUT2D eigenvalue weighted by atomic mass is 16.3. The lowest BCUT2D eigenvalue weighted by atomic mass is 9.98. The average Bonchev–Trinajstić information content (AvgIpc) is 2.55. The summed E-state index contributed by atoms with van der Waals surface area (Å²) < 4.78 is 0. The summed E-state index contributed by atoms with van der Waals surface area (Å²) in [5.74, 6) is 0.000775. The van der Waals surface area contributed by atoms with Gasteiger partial charge in [0.1, 0.15) is 5.75 Å². The Morgan fingerprint density at radius 1 is 0.818 bits per heavy atom. The summed E-state index contributed by atoms with van der Waals surface area (Å²) >= 11 is 0. The van der Waals surface area contributed by atoms with E-state index in [-0.39, 0.29) is 11.2 Å². The molecule has 0 atom stereocenters. The van der Waals surface area contributed by atoms with Crippen LogP contribution in [0.15, 0.2) is 71.7 Å². The number of hydrogen-bond acceptors (Lipinski definition) is 2. The lowest BCUT2D eigenvalue weighted by Gasteiger charge is -2.08. The Bertz CT molecular complexity index is 1060. The molecule has 0 aliphatic heterocycles. The molecule has 0 amide bonds. The van der Waals surface area contributed by atoms with Crippen LogP contribution in [-0.2, 0) is 0 Å². The smallest absolute Gasteiger partial charge is 0.200 e. The van der Waals surface area contributed by atoms with Crippen LogP contribution in [0.3, 0.4) is 0 Å². The first kappa shape index (κ1) is 12.7. The Morgan fingerprint density at radius 3 is 2.50 bits per heavy atom. The highest BCUT2D eigenvalue weighted by Crippen LogP contribution is 2.28. The van der Waals surface area contributed by atoms with Gasteiger partial charge in [-0.05, 0) is 28.5 Å². The van der Waals surface area contributed by atoms with E-state index in [1.165, 1.54) is 6.07 Å². The zero-order chi connectivity index (χ0) is 15.1. The van der Waals surface area contributed by atoms with Crippen molar-refractivity contribution >= 4 is 21.7 Å². The van der Waals surface area contributed by atoms with Gasteiger partial charge < -0.3 is 10.1 Å². The average molecular weight is 287 g/mol. The molecular formula is C19H13NO2. The molecule has 0 fully saturated rings. The zero-order valence-corrected chi connectivity index (χ0v) is 11.7. The maximum Gasteiger partial charge on any atom is 0.200 e. The van der Waals surface area contributed by atoms with Crippen molar-refractivity contribution in [1.82, 2.24) is 4.98 Å². The Labute approximate surface area is 126 Å². The second kappa shape index (κ2) is 4.74. The lowest BCUT2D eigenvalue weighted by Crippen LogP contribution is -2.06. The fraction of sp³-hybridized carbons (Fsp3) is 0. The van der Waals surface area contributed by atoms with Crippen LogP contribution < -0.4 is 5.43 Å². The Balaban J connectivity index is 2.12. The first-order chi connectivity index (χ1) is 10.8. The minimum absolute atomic E-state index is 0.000775. The van der Waals surface area contributed by atoms with E-state index in [0.29, 0.717) is 16.5 Å². The third-order valence-corrected chi connectivity index (χ3v) is 3.97. The highest BCUT2D eigenvalue weighted by Gasteiger charge is 2.12. The van der Waals surface area contributed by atoms with E-state index in [1.807, 2.05) is 42.5 Å². The number of aromatic hydroxyl groups is 1. The van der Waals surface area contributed by atoms with Gasteiger partial charge in [-0.1, -0.05) is 48.5 Å². The van der Waals surface area contributed by atoms with Gasteiger partial charge in [0, 0.05) is 11.8 Å². The Hall–Kier alpha value is -3.07. The molecule has 3 aromatic carbocycles.